The second kappa shape index (κ2) is 6.61. The zero-order chi connectivity index (χ0) is 13.7. The zero-order valence-electron chi connectivity index (χ0n) is 9.81. The maximum atomic E-state index is 12.9. The van der Waals surface area contributed by atoms with E-state index in [0.717, 1.165) is 11.3 Å². The molecule has 0 N–H and O–H groups in total. The molecular formula is C12H11BrFNO2S. The Morgan fingerprint density at radius 1 is 1.28 bits per heavy atom. The third kappa shape index (κ3) is 3.36. The van der Waals surface area contributed by atoms with Crippen molar-refractivity contribution in [2.75, 3.05) is 0 Å². The van der Waals surface area contributed by atoms with Crippen molar-refractivity contribution in [2.24, 2.45) is 0 Å². The highest BCUT2D eigenvalue weighted by molar-refractivity contribution is 9.10. The molecule has 0 atom stereocenters. The fourth-order valence-electron chi connectivity index (χ4n) is 1.32. The van der Waals surface area contributed by atoms with Gasteiger partial charge in [0.15, 0.2) is 5.13 Å². The van der Waals surface area contributed by atoms with Gasteiger partial charge in [0.1, 0.15) is 0 Å². The largest absolute Gasteiger partial charge is 0.279 e. The van der Waals surface area contributed by atoms with Crippen molar-refractivity contribution >= 4 is 33.0 Å². The quantitative estimate of drug-likeness (QED) is 0.557. The number of halogens is 2. The summed E-state index contributed by atoms with van der Waals surface area (Å²) in [6, 6.07) is 7.54. The highest BCUT2D eigenvalue weighted by Crippen LogP contribution is 2.35. The first-order chi connectivity index (χ1) is 8.58. The van der Waals surface area contributed by atoms with Crippen LogP contribution in [-0.4, -0.2) is 4.92 Å². The van der Waals surface area contributed by atoms with Crippen LogP contribution >= 0.6 is 27.3 Å². The molecule has 0 aliphatic rings. The Morgan fingerprint density at radius 3 is 2.44 bits per heavy atom. The lowest BCUT2D eigenvalue weighted by molar-refractivity contribution is -0.384. The molecule has 1 heterocycles. The molecule has 0 spiro atoms. The van der Waals surface area contributed by atoms with E-state index in [4.69, 9.17) is 0 Å². The van der Waals surface area contributed by atoms with Gasteiger partial charge in [-0.15, -0.1) is 11.3 Å². The van der Waals surface area contributed by atoms with Gasteiger partial charge in [-0.3, -0.25) is 10.1 Å². The maximum absolute atomic E-state index is 12.9. The molecule has 0 saturated heterocycles. The summed E-state index contributed by atoms with van der Waals surface area (Å²) in [5.41, 5.74) is 0.401. The summed E-state index contributed by atoms with van der Waals surface area (Å²) in [6.45, 7) is 4.00. The van der Waals surface area contributed by atoms with Gasteiger partial charge in [-0.25, -0.2) is 0 Å². The molecule has 0 fully saturated rings. The van der Waals surface area contributed by atoms with Crippen LogP contribution in [0, 0.1) is 15.2 Å². The molecule has 2 rings (SSSR count). The van der Waals surface area contributed by atoms with Crippen molar-refractivity contribution in [2.45, 2.75) is 13.8 Å². The molecule has 1 aromatic carbocycles. The summed E-state index contributed by atoms with van der Waals surface area (Å²) in [7, 11) is 0. The summed E-state index contributed by atoms with van der Waals surface area (Å²) in [5, 5.41) is 10.5. The topological polar surface area (TPSA) is 43.1 Å². The highest BCUT2D eigenvalue weighted by Gasteiger charge is 2.17. The predicted molar refractivity (Wildman–Crippen MR) is 75.4 cm³/mol. The standard InChI is InChI=1S/C10H5BrFNO2S.C2H6/c11-6-1-2-7(8(5-6)13(14)15)9-3-4-10(12)16-9;1-2/h1-5H;1-2H3. The number of rotatable bonds is 2. The first kappa shape index (κ1) is 14.8. The van der Waals surface area contributed by atoms with Gasteiger partial charge in [-0.1, -0.05) is 29.8 Å². The summed E-state index contributed by atoms with van der Waals surface area (Å²) < 4.78 is 13.5. The number of nitrogens with zero attached hydrogens (tertiary/aromatic N) is 1. The Morgan fingerprint density at radius 2 is 1.94 bits per heavy atom. The normalized spacial score (nSPS) is 9.56. The monoisotopic (exact) mass is 331 g/mol. The van der Waals surface area contributed by atoms with Gasteiger partial charge in [0.05, 0.1) is 10.5 Å². The number of hydrogen-bond acceptors (Lipinski definition) is 3. The van der Waals surface area contributed by atoms with E-state index < -0.39 is 4.92 Å². The Kier molecular flexibility index (Phi) is 5.43. The van der Waals surface area contributed by atoms with Gasteiger partial charge in [0.25, 0.3) is 5.69 Å². The molecule has 0 bridgehead atoms. The first-order valence-corrected chi connectivity index (χ1v) is 6.88. The zero-order valence-corrected chi connectivity index (χ0v) is 12.2. The Balaban J connectivity index is 0.000000771. The van der Waals surface area contributed by atoms with Crippen LogP contribution < -0.4 is 0 Å². The molecule has 0 saturated carbocycles. The third-order valence-electron chi connectivity index (χ3n) is 2.00. The van der Waals surface area contributed by atoms with E-state index in [9.17, 15) is 14.5 Å². The Bertz CT molecular complexity index is 557. The lowest BCUT2D eigenvalue weighted by Crippen LogP contribution is -1.90. The number of nitro groups is 1. The smallest absolute Gasteiger partial charge is 0.258 e. The number of thiophene rings is 1. The number of benzene rings is 1. The molecule has 1 aromatic heterocycles. The molecule has 0 unspecified atom stereocenters. The van der Waals surface area contributed by atoms with Crippen LogP contribution in [0.15, 0.2) is 34.8 Å². The molecule has 3 nitrogen and oxygen atoms in total. The van der Waals surface area contributed by atoms with Crippen LogP contribution in [0.2, 0.25) is 0 Å². The maximum Gasteiger partial charge on any atom is 0.279 e. The van der Waals surface area contributed by atoms with E-state index in [-0.39, 0.29) is 10.8 Å². The van der Waals surface area contributed by atoms with Gasteiger partial charge in [-0.2, -0.15) is 4.39 Å². The lowest BCUT2D eigenvalue weighted by atomic mass is 10.1. The van der Waals surface area contributed by atoms with Crippen molar-refractivity contribution < 1.29 is 9.31 Å². The van der Waals surface area contributed by atoms with Crippen molar-refractivity contribution in [1.82, 2.24) is 0 Å². The van der Waals surface area contributed by atoms with Gasteiger partial charge < -0.3 is 0 Å². The van der Waals surface area contributed by atoms with E-state index in [1.807, 2.05) is 13.8 Å². The molecule has 18 heavy (non-hydrogen) atoms. The molecule has 96 valence electrons. The highest BCUT2D eigenvalue weighted by atomic mass is 79.9. The van der Waals surface area contributed by atoms with E-state index in [1.54, 1.807) is 12.1 Å². The van der Waals surface area contributed by atoms with Crippen molar-refractivity contribution in [3.8, 4) is 10.4 Å². The number of hydrogen-bond donors (Lipinski definition) is 0. The lowest BCUT2D eigenvalue weighted by Gasteiger charge is -2.00. The van der Waals surface area contributed by atoms with Crippen molar-refractivity contribution in [3.63, 3.8) is 0 Å². The van der Waals surface area contributed by atoms with Crippen molar-refractivity contribution in [3.05, 3.63) is 50.0 Å². The SMILES string of the molecule is CC.O=[N+]([O-])c1cc(Br)ccc1-c1ccc(F)s1. The number of nitro benzene ring substituents is 1. The van der Waals surface area contributed by atoms with Crippen LogP contribution in [-0.2, 0) is 0 Å². The van der Waals surface area contributed by atoms with Gasteiger partial charge in [0, 0.05) is 15.4 Å². The first-order valence-electron chi connectivity index (χ1n) is 5.27. The Labute approximate surface area is 117 Å². The minimum Gasteiger partial charge on any atom is -0.258 e. The van der Waals surface area contributed by atoms with Crippen LogP contribution in [0.5, 0.6) is 0 Å². The van der Waals surface area contributed by atoms with Crippen LogP contribution in [0.1, 0.15) is 13.8 Å². The molecule has 0 aliphatic carbocycles. The fourth-order valence-corrected chi connectivity index (χ4v) is 2.44. The molecule has 0 aliphatic heterocycles. The van der Waals surface area contributed by atoms with E-state index in [1.165, 1.54) is 18.2 Å². The average molecular weight is 332 g/mol. The van der Waals surface area contributed by atoms with Crippen molar-refractivity contribution in [1.29, 1.82) is 0 Å². The van der Waals surface area contributed by atoms with Crippen LogP contribution in [0.25, 0.3) is 10.4 Å². The molecule has 0 amide bonds. The second-order valence-electron chi connectivity index (χ2n) is 3.02. The molecule has 0 radical (unpaired) electrons. The summed E-state index contributed by atoms with van der Waals surface area (Å²) >= 11 is 4.06. The summed E-state index contributed by atoms with van der Waals surface area (Å²) in [5.74, 6) is 0. The van der Waals surface area contributed by atoms with E-state index in [0.29, 0.717) is 14.9 Å². The Hall–Kier alpha value is -1.27. The van der Waals surface area contributed by atoms with Gasteiger partial charge >= 0.3 is 0 Å². The minimum atomic E-state index is -0.474. The third-order valence-corrected chi connectivity index (χ3v) is 3.40. The van der Waals surface area contributed by atoms with E-state index >= 15 is 0 Å². The van der Waals surface area contributed by atoms with Crippen LogP contribution in [0.4, 0.5) is 10.1 Å². The summed E-state index contributed by atoms with van der Waals surface area (Å²) in [6.07, 6.45) is 0. The van der Waals surface area contributed by atoms with Gasteiger partial charge in [-0.05, 0) is 24.3 Å². The minimum absolute atomic E-state index is 0.0313. The summed E-state index contributed by atoms with van der Waals surface area (Å²) in [4.78, 5) is 10.9. The molecule has 2 aromatic rings. The van der Waals surface area contributed by atoms with Crippen LogP contribution in [0.3, 0.4) is 0 Å². The van der Waals surface area contributed by atoms with E-state index in [2.05, 4.69) is 15.9 Å². The van der Waals surface area contributed by atoms with Gasteiger partial charge in [0.2, 0.25) is 0 Å². The predicted octanol–water partition coefficient (Wildman–Crippen LogP) is 5.25. The molecular weight excluding hydrogens is 321 g/mol. The second-order valence-corrected chi connectivity index (χ2v) is 4.97. The molecule has 6 heteroatoms. The fraction of sp³-hybridized carbons (Fsp3) is 0.167. The average Bonchev–Trinajstić information content (AvgIpc) is 2.78.